The first kappa shape index (κ1) is 19.2. The van der Waals surface area contributed by atoms with Crippen LogP contribution in [0.4, 0.5) is 4.39 Å². The fraction of sp³-hybridized carbons (Fsp3) is 0.280. The van der Waals surface area contributed by atoms with Gasteiger partial charge in [-0.15, -0.1) is 0 Å². The Hall–Kier alpha value is -2.61. The summed E-state index contributed by atoms with van der Waals surface area (Å²) in [7, 11) is 0. The van der Waals surface area contributed by atoms with Crippen LogP contribution in [0.1, 0.15) is 38.7 Å². The number of hydrogen-bond donors (Lipinski definition) is 0. The van der Waals surface area contributed by atoms with E-state index in [1.165, 1.54) is 24.8 Å². The molecular formula is C25H27FO. The fourth-order valence-electron chi connectivity index (χ4n) is 3.27. The van der Waals surface area contributed by atoms with Crippen molar-refractivity contribution in [3.8, 4) is 28.0 Å². The summed E-state index contributed by atoms with van der Waals surface area (Å²) in [5, 5.41) is 0. The normalized spacial score (nSPS) is 10.8. The molecule has 0 N–H and O–H groups in total. The van der Waals surface area contributed by atoms with Crippen molar-refractivity contribution in [2.24, 2.45) is 0 Å². The highest BCUT2D eigenvalue weighted by Crippen LogP contribution is 2.29. The van der Waals surface area contributed by atoms with E-state index in [9.17, 15) is 4.39 Å². The summed E-state index contributed by atoms with van der Waals surface area (Å²) >= 11 is 0. The van der Waals surface area contributed by atoms with Crippen LogP contribution >= 0.6 is 0 Å². The predicted octanol–water partition coefficient (Wildman–Crippen LogP) is 7.29. The second-order valence-electron chi connectivity index (χ2n) is 6.81. The highest BCUT2D eigenvalue weighted by atomic mass is 19.1. The van der Waals surface area contributed by atoms with Gasteiger partial charge in [0.2, 0.25) is 0 Å². The van der Waals surface area contributed by atoms with Crippen LogP contribution < -0.4 is 4.74 Å². The maximum absolute atomic E-state index is 14.7. The van der Waals surface area contributed by atoms with Gasteiger partial charge in [0.25, 0.3) is 0 Å². The van der Waals surface area contributed by atoms with Crippen molar-refractivity contribution in [1.82, 2.24) is 0 Å². The Labute approximate surface area is 161 Å². The van der Waals surface area contributed by atoms with Gasteiger partial charge < -0.3 is 4.74 Å². The number of rotatable bonds is 8. The van der Waals surface area contributed by atoms with Gasteiger partial charge in [0.15, 0.2) is 0 Å². The SMILES string of the molecule is CCCCCc1ccc(-c2ccc(-c3ccc(OCC)cc3)cc2F)cc1. The van der Waals surface area contributed by atoms with Crippen molar-refractivity contribution in [2.75, 3.05) is 6.61 Å². The minimum absolute atomic E-state index is 0.194. The van der Waals surface area contributed by atoms with Crippen LogP contribution in [0.5, 0.6) is 5.75 Å². The van der Waals surface area contributed by atoms with Crippen LogP contribution in [0.25, 0.3) is 22.3 Å². The average molecular weight is 362 g/mol. The second-order valence-corrected chi connectivity index (χ2v) is 6.81. The summed E-state index contributed by atoms with van der Waals surface area (Å²) in [4.78, 5) is 0. The van der Waals surface area contributed by atoms with Gasteiger partial charge in [0.05, 0.1) is 6.61 Å². The third-order valence-corrected chi connectivity index (χ3v) is 4.80. The first-order chi connectivity index (χ1) is 13.2. The van der Waals surface area contributed by atoms with E-state index in [4.69, 9.17) is 4.74 Å². The highest BCUT2D eigenvalue weighted by molar-refractivity contribution is 5.71. The zero-order valence-corrected chi connectivity index (χ0v) is 16.2. The van der Waals surface area contributed by atoms with Gasteiger partial charge in [-0.25, -0.2) is 4.39 Å². The molecule has 1 nitrogen and oxygen atoms in total. The van der Waals surface area contributed by atoms with E-state index < -0.39 is 0 Å². The summed E-state index contributed by atoms with van der Waals surface area (Å²) in [5.74, 6) is 0.637. The first-order valence-corrected chi connectivity index (χ1v) is 9.83. The summed E-state index contributed by atoms with van der Waals surface area (Å²) in [5.41, 5.74) is 4.74. The lowest BCUT2D eigenvalue weighted by Crippen LogP contribution is -1.91. The van der Waals surface area contributed by atoms with Crippen LogP contribution in [0.2, 0.25) is 0 Å². The van der Waals surface area contributed by atoms with Crippen molar-refractivity contribution < 1.29 is 9.13 Å². The molecule has 0 bridgehead atoms. The van der Waals surface area contributed by atoms with E-state index in [-0.39, 0.29) is 5.82 Å². The maximum Gasteiger partial charge on any atom is 0.131 e. The Morgan fingerprint density at radius 2 is 1.41 bits per heavy atom. The summed E-state index contributed by atoms with van der Waals surface area (Å²) < 4.78 is 20.2. The molecule has 0 aliphatic carbocycles. The first-order valence-electron chi connectivity index (χ1n) is 9.83. The van der Waals surface area contributed by atoms with E-state index >= 15 is 0 Å². The zero-order chi connectivity index (χ0) is 19.1. The molecule has 0 heterocycles. The van der Waals surface area contributed by atoms with Crippen LogP contribution in [0.3, 0.4) is 0 Å². The Balaban J connectivity index is 1.76. The standard InChI is InChI=1S/C25H27FO/c1-3-5-6-7-19-8-10-21(11-9-19)24-17-14-22(18-25(24)26)20-12-15-23(16-13-20)27-4-2/h8-18H,3-7H2,1-2H3. The fourth-order valence-corrected chi connectivity index (χ4v) is 3.27. The molecule has 3 rings (SSSR count). The van der Waals surface area contributed by atoms with Crippen molar-refractivity contribution in [3.63, 3.8) is 0 Å². The Morgan fingerprint density at radius 1 is 0.741 bits per heavy atom. The number of hydrogen-bond acceptors (Lipinski definition) is 1. The highest BCUT2D eigenvalue weighted by Gasteiger charge is 2.08. The lowest BCUT2D eigenvalue weighted by molar-refractivity contribution is 0.340. The third-order valence-electron chi connectivity index (χ3n) is 4.80. The number of benzene rings is 3. The second kappa shape index (κ2) is 9.36. The smallest absolute Gasteiger partial charge is 0.131 e. The third kappa shape index (κ3) is 4.97. The minimum atomic E-state index is -0.194. The van der Waals surface area contributed by atoms with Crippen molar-refractivity contribution >= 4 is 0 Å². The quantitative estimate of drug-likeness (QED) is 0.382. The molecule has 0 aliphatic heterocycles. The van der Waals surface area contributed by atoms with Gasteiger partial charge in [0.1, 0.15) is 11.6 Å². The lowest BCUT2D eigenvalue weighted by Gasteiger charge is -2.09. The predicted molar refractivity (Wildman–Crippen MR) is 112 cm³/mol. The molecule has 2 heteroatoms. The van der Waals surface area contributed by atoms with E-state index in [0.29, 0.717) is 12.2 Å². The Bertz CT molecular complexity index is 850. The molecule has 27 heavy (non-hydrogen) atoms. The largest absolute Gasteiger partial charge is 0.494 e. The molecule has 0 aliphatic rings. The summed E-state index contributed by atoms with van der Waals surface area (Å²) in [6, 6.07) is 21.5. The van der Waals surface area contributed by atoms with Crippen LogP contribution in [0.15, 0.2) is 66.7 Å². The van der Waals surface area contributed by atoms with Crippen LogP contribution in [0, 0.1) is 5.82 Å². The average Bonchev–Trinajstić information content (AvgIpc) is 2.70. The summed E-state index contributed by atoms with van der Waals surface area (Å²) in [6.07, 6.45) is 4.78. The molecule has 0 fully saturated rings. The van der Waals surface area contributed by atoms with Gasteiger partial charge in [-0.3, -0.25) is 0 Å². The maximum atomic E-state index is 14.7. The lowest BCUT2D eigenvalue weighted by atomic mass is 9.98. The van der Waals surface area contributed by atoms with Crippen LogP contribution in [-0.2, 0) is 6.42 Å². The van der Waals surface area contributed by atoms with Gasteiger partial charge in [-0.2, -0.15) is 0 Å². The van der Waals surface area contributed by atoms with Gasteiger partial charge in [-0.05, 0) is 60.2 Å². The van der Waals surface area contributed by atoms with E-state index in [1.807, 2.05) is 55.5 Å². The van der Waals surface area contributed by atoms with Gasteiger partial charge in [-0.1, -0.05) is 68.3 Å². The van der Waals surface area contributed by atoms with Gasteiger partial charge in [0, 0.05) is 5.56 Å². The van der Waals surface area contributed by atoms with E-state index in [2.05, 4.69) is 19.1 Å². The molecule has 140 valence electrons. The zero-order valence-electron chi connectivity index (χ0n) is 16.2. The minimum Gasteiger partial charge on any atom is -0.494 e. The van der Waals surface area contributed by atoms with Gasteiger partial charge >= 0.3 is 0 Å². The van der Waals surface area contributed by atoms with Crippen LogP contribution in [-0.4, -0.2) is 6.61 Å². The van der Waals surface area contributed by atoms with Crippen molar-refractivity contribution in [2.45, 2.75) is 39.5 Å². The van der Waals surface area contributed by atoms with Crippen molar-refractivity contribution in [3.05, 3.63) is 78.1 Å². The van der Waals surface area contributed by atoms with E-state index in [0.717, 1.165) is 28.9 Å². The number of ether oxygens (including phenoxy) is 1. The van der Waals surface area contributed by atoms with Crippen molar-refractivity contribution in [1.29, 1.82) is 0 Å². The van der Waals surface area contributed by atoms with E-state index in [1.54, 1.807) is 6.07 Å². The topological polar surface area (TPSA) is 9.23 Å². The molecule has 0 saturated heterocycles. The molecule has 3 aromatic carbocycles. The molecule has 0 atom stereocenters. The molecular weight excluding hydrogens is 335 g/mol. The number of unbranched alkanes of at least 4 members (excludes halogenated alkanes) is 2. The summed E-state index contributed by atoms with van der Waals surface area (Å²) in [6.45, 7) is 4.81. The molecule has 0 saturated carbocycles. The molecule has 0 aromatic heterocycles. The molecule has 0 spiro atoms. The molecule has 0 amide bonds. The molecule has 0 radical (unpaired) electrons. The monoisotopic (exact) mass is 362 g/mol. The Morgan fingerprint density at radius 3 is 2.04 bits per heavy atom. The molecule has 0 unspecified atom stereocenters. The number of halogens is 1. The molecule has 3 aromatic rings. The Kier molecular flexibility index (Phi) is 6.64. The number of aryl methyl sites for hydroxylation is 1.